The van der Waals surface area contributed by atoms with Crippen LogP contribution < -0.4 is 10.6 Å². The van der Waals surface area contributed by atoms with E-state index in [-0.39, 0.29) is 11.5 Å². The molecule has 3 rings (SSSR count). The van der Waals surface area contributed by atoms with Crippen molar-refractivity contribution in [1.29, 1.82) is 0 Å². The number of nitrogens with zero attached hydrogens (tertiary/aromatic N) is 2. The highest BCUT2D eigenvalue weighted by molar-refractivity contribution is 5.92. The van der Waals surface area contributed by atoms with Gasteiger partial charge in [-0.25, -0.2) is 4.98 Å². The lowest BCUT2D eigenvalue weighted by Crippen LogP contribution is -2.40. The first-order valence-electron chi connectivity index (χ1n) is 8.11. The van der Waals surface area contributed by atoms with Gasteiger partial charge in [-0.15, -0.1) is 0 Å². The van der Waals surface area contributed by atoms with Crippen LogP contribution in [0.5, 0.6) is 0 Å². The van der Waals surface area contributed by atoms with Gasteiger partial charge in [0.15, 0.2) is 0 Å². The Morgan fingerprint density at radius 1 is 1.45 bits per heavy atom. The molecular formula is C16H24N4O2. The Bertz CT molecular complexity index is 523. The number of rotatable bonds is 4. The topological polar surface area (TPSA) is 76.1 Å². The third-order valence-electron chi connectivity index (χ3n) is 4.57. The van der Waals surface area contributed by atoms with E-state index in [4.69, 9.17) is 4.74 Å². The van der Waals surface area contributed by atoms with Crippen molar-refractivity contribution in [2.45, 2.75) is 44.1 Å². The fourth-order valence-corrected chi connectivity index (χ4v) is 3.14. The molecule has 2 N–H and O–H groups in total. The monoisotopic (exact) mass is 304 g/mol. The SMILES string of the molecule is C[C@]1(CNC(=O)c2cncc(C3CCNCC3)n2)CCCO1. The van der Waals surface area contributed by atoms with Crippen LogP contribution in [0.15, 0.2) is 12.4 Å². The van der Waals surface area contributed by atoms with Crippen molar-refractivity contribution in [1.82, 2.24) is 20.6 Å². The van der Waals surface area contributed by atoms with Crippen LogP contribution in [0.25, 0.3) is 0 Å². The summed E-state index contributed by atoms with van der Waals surface area (Å²) in [6.07, 6.45) is 7.45. The first kappa shape index (κ1) is 15.4. The summed E-state index contributed by atoms with van der Waals surface area (Å²) in [5.41, 5.74) is 1.09. The summed E-state index contributed by atoms with van der Waals surface area (Å²) < 4.78 is 5.69. The molecule has 0 aliphatic carbocycles. The molecule has 2 saturated heterocycles. The molecule has 0 bridgehead atoms. The molecule has 2 aliphatic rings. The van der Waals surface area contributed by atoms with Gasteiger partial charge in [-0.05, 0) is 45.7 Å². The normalized spacial score (nSPS) is 26.0. The second-order valence-corrected chi connectivity index (χ2v) is 6.44. The average Bonchev–Trinajstić information content (AvgIpc) is 3.01. The van der Waals surface area contributed by atoms with Gasteiger partial charge in [0.1, 0.15) is 5.69 Å². The van der Waals surface area contributed by atoms with Gasteiger partial charge in [0, 0.05) is 25.3 Å². The molecule has 0 aromatic carbocycles. The second kappa shape index (κ2) is 6.71. The molecule has 3 heterocycles. The standard InChI is InChI=1S/C16H24N4O2/c1-16(5-2-8-22-16)11-19-15(21)14-10-18-9-13(20-14)12-3-6-17-7-4-12/h9-10,12,17H,2-8,11H2,1H3,(H,19,21)/t16-/m1/s1. The minimum absolute atomic E-state index is 0.167. The summed E-state index contributed by atoms with van der Waals surface area (Å²) in [7, 11) is 0. The third kappa shape index (κ3) is 3.62. The van der Waals surface area contributed by atoms with Gasteiger partial charge in [-0.3, -0.25) is 9.78 Å². The van der Waals surface area contributed by atoms with Crippen LogP contribution in [-0.2, 0) is 4.74 Å². The highest BCUT2D eigenvalue weighted by atomic mass is 16.5. The number of ether oxygens (including phenoxy) is 1. The Morgan fingerprint density at radius 3 is 3.00 bits per heavy atom. The first-order chi connectivity index (χ1) is 10.7. The average molecular weight is 304 g/mol. The van der Waals surface area contributed by atoms with Crippen LogP contribution in [0.3, 0.4) is 0 Å². The Morgan fingerprint density at radius 2 is 2.27 bits per heavy atom. The lowest BCUT2D eigenvalue weighted by Gasteiger charge is -2.23. The predicted molar refractivity (Wildman–Crippen MR) is 82.8 cm³/mol. The number of nitrogens with one attached hydrogen (secondary N) is 2. The number of hydrogen-bond acceptors (Lipinski definition) is 5. The zero-order valence-electron chi connectivity index (χ0n) is 13.1. The van der Waals surface area contributed by atoms with Crippen molar-refractivity contribution in [3.05, 3.63) is 23.8 Å². The minimum atomic E-state index is -0.240. The van der Waals surface area contributed by atoms with E-state index in [9.17, 15) is 4.79 Å². The molecule has 1 aromatic heterocycles. The van der Waals surface area contributed by atoms with Crippen molar-refractivity contribution in [2.75, 3.05) is 26.2 Å². The maximum absolute atomic E-state index is 12.3. The number of piperidine rings is 1. The molecule has 2 aliphatic heterocycles. The van der Waals surface area contributed by atoms with Gasteiger partial charge in [0.05, 0.1) is 17.5 Å². The zero-order valence-corrected chi connectivity index (χ0v) is 13.1. The smallest absolute Gasteiger partial charge is 0.271 e. The Kier molecular flexibility index (Phi) is 4.69. The Labute approximate surface area is 131 Å². The van der Waals surface area contributed by atoms with E-state index < -0.39 is 0 Å². The molecule has 0 saturated carbocycles. The van der Waals surface area contributed by atoms with Gasteiger partial charge in [0.25, 0.3) is 5.91 Å². The summed E-state index contributed by atoms with van der Waals surface area (Å²) in [4.78, 5) is 21.0. The number of hydrogen-bond donors (Lipinski definition) is 2. The van der Waals surface area contributed by atoms with Gasteiger partial charge >= 0.3 is 0 Å². The fourth-order valence-electron chi connectivity index (χ4n) is 3.14. The van der Waals surface area contributed by atoms with Crippen molar-refractivity contribution in [3.63, 3.8) is 0 Å². The highest BCUT2D eigenvalue weighted by Gasteiger charge is 2.30. The summed E-state index contributed by atoms with van der Waals surface area (Å²) in [5, 5.41) is 6.27. The molecule has 0 spiro atoms. The van der Waals surface area contributed by atoms with Crippen LogP contribution in [0.4, 0.5) is 0 Å². The lowest BCUT2D eigenvalue weighted by atomic mass is 9.95. The molecule has 0 radical (unpaired) electrons. The maximum Gasteiger partial charge on any atom is 0.271 e. The van der Waals surface area contributed by atoms with Gasteiger partial charge in [-0.1, -0.05) is 0 Å². The van der Waals surface area contributed by atoms with Gasteiger partial charge < -0.3 is 15.4 Å². The molecule has 1 aromatic rings. The van der Waals surface area contributed by atoms with E-state index in [0.717, 1.165) is 51.1 Å². The van der Waals surface area contributed by atoms with Crippen molar-refractivity contribution < 1.29 is 9.53 Å². The zero-order chi connectivity index (χ0) is 15.4. The molecule has 2 fully saturated rings. The van der Waals surface area contributed by atoms with E-state index in [1.807, 2.05) is 6.92 Å². The van der Waals surface area contributed by atoms with Gasteiger partial charge in [-0.2, -0.15) is 0 Å². The molecule has 0 unspecified atom stereocenters. The van der Waals surface area contributed by atoms with Gasteiger partial charge in [0.2, 0.25) is 0 Å². The Balaban J connectivity index is 1.62. The molecule has 1 amide bonds. The second-order valence-electron chi connectivity index (χ2n) is 6.44. The van der Waals surface area contributed by atoms with E-state index in [1.165, 1.54) is 6.20 Å². The molecule has 120 valence electrons. The van der Waals surface area contributed by atoms with Crippen LogP contribution in [0.2, 0.25) is 0 Å². The van der Waals surface area contributed by atoms with Crippen molar-refractivity contribution in [2.24, 2.45) is 0 Å². The Hall–Kier alpha value is -1.53. The molecule has 6 nitrogen and oxygen atoms in total. The molecule has 22 heavy (non-hydrogen) atoms. The highest BCUT2D eigenvalue weighted by Crippen LogP contribution is 2.24. The summed E-state index contributed by atoms with van der Waals surface area (Å²) in [6.45, 7) is 5.33. The minimum Gasteiger partial charge on any atom is -0.373 e. The summed E-state index contributed by atoms with van der Waals surface area (Å²) >= 11 is 0. The number of carbonyl (C=O) groups excluding carboxylic acids is 1. The summed E-state index contributed by atoms with van der Waals surface area (Å²) in [5.74, 6) is 0.234. The summed E-state index contributed by atoms with van der Waals surface area (Å²) in [6, 6.07) is 0. The fraction of sp³-hybridized carbons (Fsp3) is 0.688. The van der Waals surface area contributed by atoms with E-state index in [2.05, 4.69) is 20.6 Å². The van der Waals surface area contributed by atoms with E-state index >= 15 is 0 Å². The predicted octanol–water partition coefficient (Wildman–Crippen LogP) is 1.24. The van der Waals surface area contributed by atoms with Crippen LogP contribution in [0.1, 0.15) is 54.7 Å². The van der Waals surface area contributed by atoms with Crippen molar-refractivity contribution >= 4 is 5.91 Å². The molecular weight excluding hydrogens is 280 g/mol. The lowest BCUT2D eigenvalue weighted by molar-refractivity contribution is 0.0205. The first-order valence-corrected chi connectivity index (χ1v) is 8.11. The number of aromatic nitrogens is 2. The maximum atomic E-state index is 12.3. The van der Waals surface area contributed by atoms with Crippen LogP contribution in [0, 0.1) is 0 Å². The third-order valence-corrected chi connectivity index (χ3v) is 4.57. The molecule has 6 heteroatoms. The molecule has 1 atom stereocenters. The van der Waals surface area contributed by atoms with Crippen LogP contribution >= 0.6 is 0 Å². The van der Waals surface area contributed by atoms with E-state index in [1.54, 1.807) is 6.20 Å². The largest absolute Gasteiger partial charge is 0.373 e. The number of carbonyl (C=O) groups is 1. The number of amides is 1. The van der Waals surface area contributed by atoms with E-state index in [0.29, 0.717) is 18.2 Å². The van der Waals surface area contributed by atoms with Crippen molar-refractivity contribution in [3.8, 4) is 0 Å². The van der Waals surface area contributed by atoms with Crippen LogP contribution in [-0.4, -0.2) is 47.7 Å². The quantitative estimate of drug-likeness (QED) is 0.875.